The predicted molar refractivity (Wildman–Crippen MR) is 97.3 cm³/mol. The van der Waals surface area contributed by atoms with Crippen molar-refractivity contribution in [1.29, 1.82) is 0 Å². The van der Waals surface area contributed by atoms with Crippen LogP contribution in [0.1, 0.15) is 5.82 Å². The number of nitrogens with one attached hydrogen (secondary N) is 2. The van der Waals surface area contributed by atoms with Crippen LogP contribution in [0.15, 0.2) is 30.3 Å². The van der Waals surface area contributed by atoms with Crippen LogP contribution in [-0.2, 0) is 4.74 Å². The van der Waals surface area contributed by atoms with E-state index in [1.807, 2.05) is 37.3 Å². The van der Waals surface area contributed by atoms with Gasteiger partial charge in [-0.2, -0.15) is 0 Å². The lowest BCUT2D eigenvalue weighted by Crippen LogP contribution is -2.39. The van der Waals surface area contributed by atoms with E-state index < -0.39 is 0 Å². The second kappa shape index (κ2) is 8.28. The molecule has 1 aromatic carbocycles. The van der Waals surface area contributed by atoms with E-state index in [9.17, 15) is 0 Å². The summed E-state index contributed by atoms with van der Waals surface area (Å²) in [6, 6.07) is 9.50. The quantitative estimate of drug-likeness (QED) is 0.837. The molecule has 0 aliphatic carbocycles. The van der Waals surface area contributed by atoms with Crippen molar-refractivity contribution in [2.75, 3.05) is 50.0 Å². The number of ether oxygens (including phenoxy) is 1. The Kier molecular flexibility index (Phi) is 5.85. The first-order valence-electron chi connectivity index (χ1n) is 8.12. The van der Waals surface area contributed by atoms with Crippen molar-refractivity contribution in [3.8, 4) is 0 Å². The lowest BCUT2D eigenvalue weighted by molar-refractivity contribution is 0.0398. The van der Waals surface area contributed by atoms with Gasteiger partial charge in [-0.05, 0) is 19.1 Å². The summed E-state index contributed by atoms with van der Waals surface area (Å²) in [5.41, 5.74) is 0.830. The molecular weight excluding hydrogens is 326 g/mol. The van der Waals surface area contributed by atoms with E-state index in [1.165, 1.54) is 0 Å². The molecule has 6 nitrogen and oxygen atoms in total. The topological polar surface area (TPSA) is 62.3 Å². The smallest absolute Gasteiger partial charge is 0.136 e. The van der Waals surface area contributed by atoms with Gasteiger partial charge in [-0.15, -0.1) is 0 Å². The number of nitrogens with zero attached hydrogens (tertiary/aromatic N) is 3. The molecule has 0 radical (unpaired) electrons. The number of halogens is 1. The van der Waals surface area contributed by atoms with Crippen LogP contribution in [0, 0.1) is 6.92 Å². The van der Waals surface area contributed by atoms with Crippen molar-refractivity contribution in [3.63, 3.8) is 0 Å². The predicted octanol–water partition coefficient (Wildman–Crippen LogP) is 2.93. The van der Waals surface area contributed by atoms with E-state index in [2.05, 4.69) is 25.5 Å². The van der Waals surface area contributed by atoms with Crippen LogP contribution in [0.4, 0.5) is 17.3 Å². The minimum atomic E-state index is 0.663. The summed E-state index contributed by atoms with van der Waals surface area (Å²) in [7, 11) is 0. The Morgan fingerprint density at radius 1 is 1.17 bits per heavy atom. The average molecular weight is 348 g/mol. The number of benzene rings is 1. The van der Waals surface area contributed by atoms with Crippen LogP contribution in [-0.4, -0.2) is 54.3 Å². The molecule has 1 saturated heterocycles. The fourth-order valence-corrected chi connectivity index (χ4v) is 2.77. The molecule has 1 aliphatic heterocycles. The summed E-state index contributed by atoms with van der Waals surface area (Å²) in [6.07, 6.45) is 0. The second-order valence-electron chi connectivity index (χ2n) is 5.67. The van der Waals surface area contributed by atoms with Gasteiger partial charge >= 0.3 is 0 Å². The van der Waals surface area contributed by atoms with Gasteiger partial charge in [-0.1, -0.05) is 23.7 Å². The summed E-state index contributed by atoms with van der Waals surface area (Å²) in [4.78, 5) is 11.2. The monoisotopic (exact) mass is 347 g/mol. The highest BCUT2D eigenvalue weighted by atomic mass is 35.5. The maximum Gasteiger partial charge on any atom is 0.136 e. The molecule has 0 unspecified atom stereocenters. The highest BCUT2D eigenvalue weighted by Gasteiger charge is 2.10. The minimum absolute atomic E-state index is 0.663. The number of anilines is 3. The molecule has 1 fully saturated rings. The Balaban J connectivity index is 1.60. The molecule has 7 heteroatoms. The molecule has 3 rings (SSSR count). The molecule has 0 bridgehead atoms. The number of morpholine rings is 1. The Hall–Kier alpha value is -1.89. The van der Waals surface area contributed by atoms with Crippen LogP contribution in [0.2, 0.25) is 5.02 Å². The van der Waals surface area contributed by atoms with Gasteiger partial charge in [0.2, 0.25) is 0 Å². The van der Waals surface area contributed by atoms with E-state index in [0.29, 0.717) is 10.8 Å². The standard InChI is InChI=1S/C17H22ClN5O/c1-13-20-16(19-6-7-23-8-10-24-11-9-23)12-17(21-13)22-15-5-3-2-4-14(15)18/h2-5,12H,6-11H2,1H3,(H2,19,20,21,22). The molecule has 2 N–H and O–H groups in total. The second-order valence-corrected chi connectivity index (χ2v) is 6.08. The van der Waals surface area contributed by atoms with Crippen molar-refractivity contribution >= 4 is 28.9 Å². The number of aryl methyl sites for hydroxylation is 1. The first kappa shape index (κ1) is 17.0. The normalized spacial score (nSPS) is 15.2. The SMILES string of the molecule is Cc1nc(NCCN2CCOCC2)cc(Nc2ccccc2Cl)n1. The lowest BCUT2D eigenvalue weighted by atomic mass is 10.3. The Morgan fingerprint density at radius 3 is 2.71 bits per heavy atom. The third kappa shape index (κ3) is 4.80. The van der Waals surface area contributed by atoms with E-state index in [4.69, 9.17) is 16.3 Å². The van der Waals surface area contributed by atoms with Crippen molar-refractivity contribution in [2.24, 2.45) is 0 Å². The van der Waals surface area contributed by atoms with Crippen molar-refractivity contribution in [3.05, 3.63) is 41.2 Å². The van der Waals surface area contributed by atoms with Crippen molar-refractivity contribution < 1.29 is 4.74 Å². The summed E-state index contributed by atoms with van der Waals surface area (Å²) in [5, 5.41) is 7.27. The molecule has 0 saturated carbocycles. The van der Waals surface area contributed by atoms with Gasteiger partial charge in [0.05, 0.1) is 23.9 Å². The third-order valence-electron chi connectivity index (χ3n) is 3.81. The van der Waals surface area contributed by atoms with Gasteiger partial charge in [-0.3, -0.25) is 4.90 Å². The highest BCUT2D eigenvalue weighted by molar-refractivity contribution is 6.33. The van der Waals surface area contributed by atoms with Gasteiger partial charge in [-0.25, -0.2) is 9.97 Å². The van der Waals surface area contributed by atoms with E-state index in [-0.39, 0.29) is 0 Å². The Bertz CT molecular complexity index is 676. The summed E-state index contributed by atoms with van der Waals surface area (Å²) in [6.45, 7) is 7.30. The van der Waals surface area contributed by atoms with Gasteiger partial charge in [0.15, 0.2) is 0 Å². The fourth-order valence-electron chi connectivity index (χ4n) is 2.59. The van der Waals surface area contributed by atoms with Crippen LogP contribution in [0.5, 0.6) is 0 Å². The molecular formula is C17H22ClN5O. The van der Waals surface area contributed by atoms with Crippen LogP contribution < -0.4 is 10.6 Å². The zero-order valence-electron chi connectivity index (χ0n) is 13.8. The number of rotatable bonds is 6. The van der Waals surface area contributed by atoms with Gasteiger partial charge in [0.25, 0.3) is 0 Å². The maximum atomic E-state index is 6.19. The van der Waals surface area contributed by atoms with Crippen molar-refractivity contribution in [2.45, 2.75) is 6.92 Å². The van der Waals surface area contributed by atoms with E-state index in [1.54, 1.807) is 0 Å². The summed E-state index contributed by atoms with van der Waals surface area (Å²) >= 11 is 6.19. The van der Waals surface area contributed by atoms with Gasteiger partial charge in [0, 0.05) is 32.2 Å². The third-order valence-corrected chi connectivity index (χ3v) is 4.14. The van der Waals surface area contributed by atoms with Crippen molar-refractivity contribution in [1.82, 2.24) is 14.9 Å². The first-order valence-corrected chi connectivity index (χ1v) is 8.50. The first-order chi connectivity index (χ1) is 11.7. The molecule has 1 aliphatic rings. The van der Waals surface area contributed by atoms with Crippen LogP contribution >= 0.6 is 11.6 Å². The molecule has 128 valence electrons. The lowest BCUT2D eigenvalue weighted by Gasteiger charge is -2.26. The molecule has 2 heterocycles. The molecule has 0 spiro atoms. The number of hydrogen-bond acceptors (Lipinski definition) is 6. The van der Waals surface area contributed by atoms with E-state index in [0.717, 1.165) is 56.7 Å². The Morgan fingerprint density at radius 2 is 1.92 bits per heavy atom. The minimum Gasteiger partial charge on any atom is -0.379 e. The number of aromatic nitrogens is 2. The van der Waals surface area contributed by atoms with Crippen LogP contribution in [0.3, 0.4) is 0 Å². The van der Waals surface area contributed by atoms with E-state index >= 15 is 0 Å². The molecule has 0 amide bonds. The van der Waals surface area contributed by atoms with Gasteiger partial charge < -0.3 is 15.4 Å². The molecule has 2 aromatic rings. The number of hydrogen-bond donors (Lipinski definition) is 2. The average Bonchev–Trinajstić information content (AvgIpc) is 2.57. The fraction of sp³-hybridized carbons (Fsp3) is 0.412. The highest BCUT2D eigenvalue weighted by Crippen LogP contribution is 2.24. The maximum absolute atomic E-state index is 6.19. The molecule has 24 heavy (non-hydrogen) atoms. The zero-order chi connectivity index (χ0) is 16.8. The van der Waals surface area contributed by atoms with Gasteiger partial charge in [0.1, 0.15) is 17.5 Å². The van der Waals surface area contributed by atoms with Crippen LogP contribution in [0.25, 0.3) is 0 Å². The molecule has 0 atom stereocenters. The Labute approximate surface area is 147 Å². The summed E-state index contributed by atoms with van der Waals surface area (Å²) in [5.74, 6) is 2.25. The number of para-hydroxylation sites is 1. The zero-order valence-corrected chi connectivity index (χ0v) is 14.5. The molecule has 1 aromatic heterocycles. The summed E-state index contributed by atoms with van der Waals surface area (Å²) < 4.78 is 5.36. The largest absolute Gasteiger partial charge is 0.379 e.